The summed E-state index contributed by atoms with van der Waals surface area (Å²) in [6.45, 7) is 2.03. The molecular formula is C19H20N4O3S. The molecule has 0 spiro atoms. The Hall–Kier alpha value is -3.13. The molecule has 1 aromatic heterocycles. The SMILES string of the molecule is COc1cc(OC)c(OC)cc1/C=N/n1c(-c2ccc(C)cc2)n[nH]c1=S. The molecule has 0 saturated heterocycles. The first-order chi connectivity index (χ1) is 13.1. The molecule has 3 aromatic rings. The van der Waals surface area contributed by atoms with Gasteiger partial charge in [-0.3, -0.25) is 0 Å². The van der Waals surface area contributed by atoms with Crippen LogP contribution < -0.4 is 14.2 Å². The molecule has 3 rings (SSSR count). The fourth-order valence-electron chi connectivity index (χ4n) is 2.56. The van der Waals surface area contributed by atoms with Crippen LogP contribution in [0, 0.1) is 11.7 Å². The average molecular weight is 384 g/mol. The van der Waals surface area contributed by atoms with Crippen LogP contribution in [0.1, 0.15) is 11.1 Å². The van der Waals surface area contributed by atoms with Gasteiger partial charge in [0.05, 0.1) is 27.5 Å². The van der Waals surface area contributed by atoms with Crippen molar-refractivity contribution in [3.05, 3.63) is 52.3 Å². The van der Waals surface area contributed by atoms with Crippen molar-refractivity contribution in [2.45, 2.75) is 6.92 Å². The van der Waals surface area contributed by atoms with Gasteiger partial charge in [0, 0.05) is 17.2 Å². The van der Waals surface area contributed by atoms with Crippen molar-refractivity contribution in [2.75, 3.05) is 21.3 Å². The van der Waals surface area contributed by atoms with Gasteiger partial charge in [-0.05, 0) is 25.2 Å². The number of methoxy groups -OCH3 is 3. The number of benzene rings is 2. The minimum atomic E-state index is 0.390. The Morgan fingerprint density at radius 2 is 1.63 bits per heavy atom. The molecule has 0 amide bonds. The van der Waals surface area contributed by atoms with E-state index in [1.807, 2.05) is 31.2 Å². The highest BCUT2D eigenvalue weighted by Crippen LogP contribution is 2.33. The first-order valence-corrected chi connectivity index (χ1v) is 8.57. The second kappa shape index (κ2) is 8.05. The number of ether oxygens (including phenoxy) is 3. The molecule has 27 heavy (non-hydrogen) atoms. The maximum Gasteiger partial charge on any atom is 0.216 e. The van der Waals surface area contributed by atoms with Gasteiger partial charge in [-0.2, -0.15) is 14.9 Å². The van der Waals surface area contributed by atoms with Gasteiger partial charge in [0.1, 0.15) is 5.75 Å². The highest BCUT2D eigenvalue weighted by atomic mass is 32.1. The predicted octanol–water partition coefficient (Wildman–Crippen LogP) is 3.82. The first-order valence-electron chi connectivity index (χ1n) is 8.16. The van der Waals surface area contributed by atoms with E-state index in [0.717, 1.165) is 11.1 Å². The smallest absolute Gasteiger partial charge is 0.216 e. The normalized spacial score (nSPS) is 11.0. The number of H-pyrrole nitrogens is 1. The summed E-state index contributed by atoms with van der Waals surface area (Å²) in [5, 5.41) is 11.6. The topological polar surface area (TPSA) is 73.7 Å². The van der Waals surface area contributed by atoms with E-state index in [2.05, 4.69) is 15.3 Å². The fraction of sp³-hybridized carbons (Fsp3) is 0.211. The van der Waals surface area contributed by atoms with Crippen LogP contribution in [0.2, 0.25) is 0 Å². The Kier molecular flexibility index (Phi) is 5.56. The summed E-state index contributed by atoms with van der Waals surface area (Å²) in [6.07, 6.45) is 1.64. The zero-order valence-electron chi connectivity index (χ0n) is 15.5. The molecule has 7 nitrogen and oxygen atoms in total. The van der Waals surface area contributed by atoms with E-state index in [1.54, 1.807) is 44.4 Å². The first kappa shape index (κ1) is 18.7. The molecule has 0 radical (unpaired) electrons. The number of nitrogens with one attached hydrogen (secondary N) is 1. The largest absolute Gasteiger partial charge is 0.496 e. The average Bonchev–Trinajstić information content (AvgIpc) is 3.06. The summed E-state index contributed by atoms with van der Waals surface area (Å²) in [5.41, 5.74) is 2.79. The van der Waals surface area contributed by atoms with Crippen molar-refractivity contribution < 1.29 is 14.2 Å². The summed E-state index contributed by atoms with van der Waals surface area (Å²) in [7, 11) is 4.73. The van der Waals surface area contributed by atoms with Crippen molar-refractivity contribution in [2.24, 2.45) is 5.10 Å². The third kappa shape index (κ3) is 3.85. The molecule has 0 aliphatic carbocycles. The van der Waals surface area contributed by atoms with Gasteiger partial charge in [0.2, 0.25) is 4.77 Å². The quantitative estimate of drug-likeness (QED) is 0.517. The van der Waals surface area contributed by atoms with Gasteiger partial charge >= 0.3 is 0 Å². The van der Waals surface area contributed by atoms with E-state index >= 15 is 0 Å². The minimum absolute atomic E-state index is 0.390. The zero-order valence-corrected chi connectivity index (χ0v) is 16.3. The molecule has 2 aromatic carbocycles. The van der Waals surface area contributed by atoms with E-state index in [-0.39, 0.29) is 0 Å². The van der Waals surface area contributed by atoms with E-state index in [0.29, 0.717) is 33.4 Å². The summed E-state index contributed by atoms with van der Waals surface area (Å²) in [6, 6.07) is 11.5. The third-order valence-corrected chi connectivity index (χ3v) is 4.27. The number of rotatable bonds is 6. The maximum absolute atomic E-state index is 5.43. The van der Waals surface area contributed by atoms with E-state index in [9.17, 15) is 0 Å². The number of hydrogen-bond acceptors (Lipinski definition) is 6. The van der Waals surface area contributed by atoms with Crippen molar-refractivity contribution in [3.63, 3.8) is 0 Å². The Morgan fingerprint density at radius 1 is 1.00 bits per heavy atom. The number of nitrogens with zero attached hydrogens (tertiary/aromatic N) is 3. The molecule has 0 bridgehead atoms. The molecular weight excluding hydrogens is 364 g/mol. The van der Waals surface area contributed by atoms with E-state index in [1.165, 1.54) is 0 Å². The van der Waals surface area contributed by atoms with Gasteiger partial charge in [-0.1, -0.05) is 29.8 Å². The molecule has 140 valence electrons. The van der Waals surface area contributed by atoms with Gasteiger partial charge in [0.25, 0.3) is 0 Å². The number of aryl methyl sites for hydroxylation is 1. The Balaban J connectivity index is 2.03. The van der Waals surface area contributed by atoms with Gasteiger partial charge in [-0.25, -0.2) is 5.10 Å². The molecule has 1 heterocycles. The van der Waals surface area contributed by atoms with Crippen LogP contribution in [0.4, 0.5) is 0 Å². The van der Waals surface area contributed by atoms with Gasteiger partial charge in [-0.15, -0.1) is 0 Å². The van der Waals surface area contributed by atoms with Crippen LogP contribution >= 0.6 is 12.2 Å². The van der Waals surface area contributed by atoms with Crippen molar-refractivity contribution in [1.82, 2.24) is 14.9 Å². The van der Waals surface area contributed by atoms with E-state index < -0.39 is 0 Å². The minimum Gasteiger partial charge on any atom is -0.496 e. The number of hydrogen-bond donors (Lipinski definition) is 1. The number of aromatic nitrogens is 3. The lowest BCUT2D eigenvalue weighted by Crippen LogP contribution is -1.99. The summed E-state index contributed by atoms with van der Waals surface area (Å²) >= 11 is 5.32. The van der Waals surface area contributed by atoms with E-state index in [4.69, 9.17) is 26.4 Å². The molecule has 0 aliphatic rings. The molecule has 8 heteroatoms. The maximum atomic E-state index is 5.43. The van der Waals surface area contributed by atoms with Crippen LogP contribution in [0.15, 0.2) is 41.5 Å². The molecule has 1 N–H and O–H groups in total. The summed E-state index contributed by atoms with van der Waals surface area (Å²) < 4.78 is 18.0. The molecule has 0 aliphatic heterocycles. The van der Waals surface area contributed by atoms with Gasteiger partial charge in [0.15, 0.2) is 17.3 Å². The van der Waals surface area contributed by atoms with Crippen LogP contribution in [0.3, 0.4) is 0 Å². The molecule has 0 saturated carbocycles. The lowest BCUT2D eigenvalue weighted by Gasteiger charge is -2.11. The van der Waals surface area contributed by atoms with Crippen molar-refractivity contribution in [3.8, 4) is 28.6 Å². The highest BCUT2D eigenvalue weighted by molar-refractivity contribution is 7.71. The van der Waals surface area contributed by atoms with Crippen LogP contribution in [0.25, 0.3) is 11.4 Å². The van der Waals surface area contributed by atoms with Crippen LogP contribution in [-0.2, 0) is 0 Å². The van der Waals surface area contributed by atoms with Crippen LogP contribution in [-0.4, -0.2) is 42.4 Å². The molecule has 0 unspecified atom stereocenters. The Morgan fingerprint density at radius 3 is 2.26 bits per heavy atom. The number of aromatic amines is 1. The lowest BCUT2D eigenvalue weighted by molar-refractivity contribution is 0.349. The molecule has 0 atom stereocenters. The predicted molar refractivity (Wildman–Crippen MR) is 107 cm³/mol. The van der Waals surface area contributed by atoms with Crippen LogP contribution in [0.5, 0.6) is 17.2 Å². The summed E-state index contributed by atoms with van der Waals surface area (Å²) in [5.74, 6) is 2.38. The molecule has 0 fully saturated rings. The standard InChI is InChI=1S/C19H20N4O3S/c1-12-5-7-13(8-6-12)18-21-22-19(27)23(18)20-11-14-9-16(25-3)17(26-4)10-15(14)24-2/h5-11H,1-4H3,(H,22,27)/b20-11+. The zero-order chi connectivity index (χ0) is 19.4. The monoisotopic (exact) mass is 384 g/mol. The third-order valence-electron chi connectivity index (χ3n) is 4.01. The van der Waals surface area contributed by atoms with Gasteiger partial charge < -0.3 is 14.2 Å². The summed E-state index contributed by atoms with van der Waals surface area (Å²) in [4.78, 5) is 0. The Bertz CT molecular complexity index is 1020. The van der Waals surface area contributed by atoms with Crippen molar-refractivity contribution >= 4 is 18.4 Å². The van der Waals surface area contributed by atoms with Crippen molar-refractivity contribution in [1.29, 1.82) is 0 Å². The second-order valence-corrected chi connectivity index (χ2v) is 6.11. The lowest BCUT2D eigenvalue weighted by atomic mass is 10.1. The fourth-order valence-corrected chi connectivity index (χ4v) is 2.74. The Labute approximate surface area is 162 Å². The second-order valence-electron chi connectivity index (χ2n) is 5.72. The highest BCUT2D eigenvalue weighted by Gasteiger charge is 2.12.